The number of nitrogens with one attached hydrogen (secondary N) is 1. The Labute approximate surface area is 113 Å². The summed E-state index contributed by atoms with van der Waals surface area (Å²) in [6, 6.07) is 0.478. The molecule has 0 aromatic carbocycles. The number of alkyl halides is 2. The molecule has 0 aromatic heterocycles. The maximum atomic E-state index is 12.0. The maximum absolute atomic E-state index is 12.0. The maximum Gasteiger partial charge on any atom is 0.229 e. The number of nitrogens with zero attached hydrogens (tertiary/aromatic N) is 1. The molecule has 2 unspecified atom stereocenters. The molecule has 1 N–H and O–H groups in total. The average Bonchev–Trinajstić information content (AvgIpc) is 2.67. The first-order valence-electron chi connectivity index (χ1n) is 6.31. The van der Waals surface area contributed by atoms with E-state index < -0.39 is 9.75 Å². The van der Waals surface area contributed by atoms with Crippen molar-refractivity contribution in [2.75, 3.05) is 19.6 Å². The van der Waals surface area contributed by atoms with Crippen molar-refractivity contribution in [3.63, 3.8) is 0 Å². The minimum Gasteiger partial charge on any atom is -0.354 e. The van der Waals surface area contributed by atoms with Gasteiger partial charge < -0.3 is 5.32 Å². The summed E-state index contributed by atoms with van der Waals surface area (Å²) in [5.74, 6) is -0.00884. The fourth-order valence-electron chi connectivity index (χ4n) is 2.59. The molecule has 1 heterocycles. The summed E-state index contributed by atoms with van der Waals surface area (Å²) >= 11 is 12.0. The Kier molecular flexibility index (Phi) is 3.64. The highest BCUT2D eigenvalue weighted by atomic mass is 35.5. The van der Waals surface area contributed by atoms with Crippen LogP contribution in [0, 0.1) is 5.41 Å². The molecule has 98 valence electrons. The first-order chi connectivity index (χ1) is 7.90. The smallest absolute Gasteiger partial charge is 0.229 e. The zero-order valence-corrected chi connectivity index (χ0v) is 11.9. The predicted molar refractivity (Wildman–Crippen MR) is 70.4 cm³/mol. The third kappa shape index (κ3) is 2.42. The zero-order chi connectivity index (χ0) is 12.7. The van der Waals surface area contributed by atoms with Crippen LogP contribution in [0.3, 0.4) is 0 Å². The molecule has 5 heteroatoms. The van der Waals surface area contributed by atoms with E-state index in [-0.39, 0.29) is 5.91 Å². The van der Waals surface area contributed by atoms with E-state index in [0.29, 0.717) is 19.0 Å². The van der Waals surface area contributed by atoms with Crippen LogP contribution in [0.1, 0.15) is 33.1 Å². The van der Waals surface area contributed by atoms with Crippen LogP contribution in [0.25, 0.3) is 0 Å². The fraction of sp³-hybridized carbons (Fsp3) is 0.917. The second-order valence-electron chi connectivity index (χ2n) is 5.35. The Morgan fingerprint density at radius 2 is 2.18 bits per heavy atom. The van der Waals surface area contributed by atoms with Gasteiger partial charge in [-0.3, -0.25) is 9.69 Å². The second-order valence-corrected chi connectivity index (χ2v) is 6.83. The fourth-order valence-corrected chi connectivity index (χ4v) is 3.30. The van der Waals surface area contributed by atoms with Gasteiger partial charge in [0.2, 0.25) is 5.91 Å². The van der Waals surface area contributed by atoms with E-state index in [4.69, 9.17) is 23.2 Å². The molecule has 0 aromatic rings. The Balaban J connectivity index is 1.81. The predicted octanol–water partition coefficient (Wildman–Crippen LogP) is 2.17. The first kappa shape index (κ1) is 13.4. The van der Waals surface area contributed by atoms with Crippen LogP contribution in [-0.4, -0.2) is 40.8 Å². The summed E-state index contributed by atoms with van der Waals surface area (Å²) in [4.78, 5) is 14.4. The lowest BCUT2D eigenvalue weighted by Gasteiger charge is -2.24. The number of halogens is 2. The van der Waals surface area contributed by atoms with E-state index in [1.54, 1.807) is 0 Å². The number of hydrogen-bond acceptors (Lipinski definition) is 2. The topological polar surface area (TPSA) is 32.3 Å². The Hall–Kier alpha value is 0.01000. The zero-order valence-electron chi connectivity index (χ0n) is 10.4. The van der Waals surface area contributed by atoms with Gasteiger partial charge in [0, 0.05) is 12.6 Å². The molecule has 2 rings (SSSR count). The molecule has 2 atom stereocenters. The highest BCUT2D eigenvalue weighted by Crippen LogP contribution is 2.63. The van der Waals surface area contributed by atoms with Crippen molar-refractivity contribution in [1.29, 1.82) is 0 Å². The molecular weight excluding hydrogens is 259 g/mol. The minimum atomic E-state index is -0.864. The van der Waals surface area contributed by atoms with Crippen LogP contribution in [0.4, 0.5) is 0 Å². The monoisotopic (exact) mass is 278 g/mol. The lowest BCUT2D eigenvalue weighted by atomic mass is 10.1. The van der Waals surface area contributed by atoms with Gasteiger partial charge in [0.15, 0.2) is 0 Å². The van der Waals surface area contributed by atoms with Crippen molar-refractivity contribution >= 4 is 29.1 Å². The largest absolute Gasteiger partial charge is 0.354 e. The number of hydrogen-bond donors (Lipinski definition) is 1. The normalized spacial score (nSPS) is 35.9. The summed E-state index contributed by atoms with van der Waals surface area (Å²) in [6.07, 6.45) is 2.94. The quantitative estimate of drug-likeness (QED) is 0.800. The van der Waals surface area contributed by atoms with Gasteiger partial charge in [-0.15, -0.1) is 23.2 Å². The molecule has 17 heavy (non-hydrogen) atoms. The lowest BCUT2D eigenvalue weighted by molar-refractivity contribution is -0.126. The van der Waals surface area contributed by atoms with Crippen LogP contribution in [0.2, 0.25) is 0 Å². The number of carbonyl (C=O) groups is 1. The molecule has 1 saturated heterocycles. The summed E-state index contributed by atoms with van der Waals surface area (Å²) < 4.78 is -0.864. The van der Waals surface area contributed by atoms with Crippen molar-refractivity contribution < 1.29 is 4.79 Å². The van der Waals surface area contributed by atoms with Gasteiger partial charge in [0.25, 0.3) is 0 Å². The molecule has 0 spiro atoms. The number of likely N-dealkylation sites (N-methyl/N-ethyl adjacent to an activating group) is 1. The van der Waals surface area contributed by atoms with Crippen LogP contribution in [0.5, 0.6) is 0 Å². The lowest BCUT2D eigenvalue weighted by Crippen LogP contribution is -2.43. The van der Waals surface area contributed by atoms with Crippen molar-refractivity contribution in [2.24, 2.45) is 5.41 Å². The Morgan fingerprint density at radius 3 is 2.71 bits per heavy atom. The molecule has 1 saturated carbocycles. The van der Waals surface area contributed by atoms with Crippen molar-refractivity contribution in [1.82, 2.24) is 10.2 Å². The molecule has 0 radical (unpaired) electrons. The first-order valence-corrected chi connectivity index (χ1v) is 7.06. The van der Waals surface area contributed by atoms with Crippen molar-refractivity contribution in [2.45, 2.75) is 43.5 Å². The van der Waals surface area contributed by atoms with Crippen LogP contribution >= 0.6 is 23.2 Å². The summed E-state index contributed by atoms with van der Waals surface area (Å²) in [5, 5.41) is 3.00. The summed E-state index contributed by atoms with van der Waals surface area (Å²) in [5.41, 5.74) is -0.592. The molecule has 2 aliphatic rings. The van der Waals surface area contributed by atoms with E-state index in [2.05, 4.69) is 17.1 Å². The van der Waals surface area contributed by atoms with Gasteiger partial charge in [-0.1, -0.05) is 6.92 Å². The van der Waals surface area contributed by atoms with Crippen LogP contribution < -0.4 is 5.32 Å². The van der Waals surface area contributed by atoms with E-state index in [1.165, 1.54) is 6.42 Å². The number of carbonyl (C=O) groups excluding carboxylic acids is 1. The second kappa shape index (κ2) is 4.60. The van der Waals surface area contributed by atoms with E-state index in [9.17, 15) is 4.79 Å². The molecule has 0 bridgehead atoms. The van der Waals surface area contributed by atoms with Gasteiger partial charge >= 0.3 is 0 Å². The number of likely N-dealkylation sites (tertiary alicyclic amines) is 1. The highest BCUT2D eigenvalue weighted by molar-refractivity contribution is 6.53. The third-order valence-electron chi connectivity index (χ3n) is 4.16. The average molecular weight is 279 g/mol. The molecular formula is C12H20Cl2N2O. The van der Waals surface area contributed by atoms with E-state index in [1.807, 2.05) is 6.92 Å². The molecule has 1 aliphatic carbocycles. The molecule has 1 aliphatic heterocycles. The van der Waals surface area contributed by atoms with Crippen LogP contribution in [0.15, 0.2) is 0 Å². The SMILES string of the molecule is CCN1CCCC1CNC(=O)C1(C)CC1(Cl)Cl. The van der Waals surface area contributed by atoms with Gasteiger partial charge in [-0.25, -0.2) is 0 Å². The minimum absolute atomic E-state index is 0.00884. The summed E-state index contributed by atoms with van der Waals surface area (Å²) in [6.45, 7) is 6.89. The Morgan fingerprint density at radius 1 is 1.53 bits per heavy atom. The molecule has 1 amide bonds. The van der Waals surface area contributed by atoms with Gasteiger partial charge in [-0.05, 0) is 39.3 Å². The molecule has 3 nitrogen and oxygen atoms in total. The number of rotatable bonds is 4. The van der Waals surface area contributed by atoms with Crippen molar-refractivity contribution in [3.8, 4) is 0 Å². The summed E-state index contributed by atoms with van der Waals surface area (Å²) in [7, 11) is 0. The standard InChI is InChI=1S/C12H20Cl2N2O/c1-3-16-6-4-5-9(16)7-15-10(17)11(2)8-12(11,13)14/h9H,3-8H2,1-2H3,(H,15,17). The molecule has 2 fully saturated rings. The van der Waals surface area contributed by atoms with Crippen molar-refractivity contribution in [3.05, 3.63) is 0 Å². The highest BCUT2D eigenvalue weighted by Gasteiger charge is 2.67. The van der Waals surface area contributed by atoms with Gasteiger partial charge in [0.05, 0.1) is 5.41 Å². The van der Waals surface area contributed by atoms with Gasteiger partial charge in [-0.2, -0.15) is 0 Å². The van der Waals surface area contributed by atoms with Crippen LogP contribution in [-0.2, 0) is 4.79 Å². The number of amides is 1. The van der Waals surface area contributed by atoms with E-state index in [0.717, 1.165) is 19.5 Å². The van der Waals surface area contributed by atoms with Gasteiger partial charge in [0.1, 0.15) is 4.33 Å². The third-order valence-corrected chi connectivity index (χ3v) is 5.26. The van der Waals surface area contributed by atoms with E-state index >= 15 is 0 Å². The Bertz CT molecular complexity index is 322.